The average molecular weight is 401 g/mol. The molecule has 29 heavy (non-hydrogen) atoms. The first kappa shape index (κ1) is 21.5. The normalized spacial score (nSPS) is 17.2. The number of methoxy groups -OCH3 is 1. The first-order chi connectivity index (χ1) is 14.0. The highest BCUT2D eigenvalue weighted by atomic mass is 16.5. The molecule has 1 aromatic carbocycles. The summed E-state index contributed by atoms with van der Waals surface area (Å²) in [6.45, 7) is 8.86. The second-order valence-electron chi connectivity index (χ2n) is 8.04. The van der Waals surface area contributed by atoms with Crippen LogP contribution in [0.2, 0.25) is 0 Å². The Morgan fingerprint density at radius 2 is 2.14 bits per heavy atom. The van der Waals surface area contributed by atoms with Gasteiger partial charge in [0.2, 0.25) is 17.6 Å². The molecule has 3 rings (SSSR count). The topological polar surface area (TPSA) is 80.5 Å². The molecule has 1 saturated heterocycles. The van der Waals surface area contributed by atoms with Crippen molar-refractivity contribution in [3.63, 3.8) is 0 Å². The van der Waals surface area contributed by atoms with Crippen LogP contribution in [-0.2, 0) is 16.0 Å². The lowest BCUT2D eigenvalue weighted by Crippen LogP contribution is -2.31. The zero-order valence-electron chi connectivity index (χ0n) is 17.7. The number of rotatable bonds is 10. The fourth-order valence-electron chi connectivity index (χ4n) is 3.56. The summed E-state index contributed by atoms with van der Waals surface area (Å²) in [6, 6.07) is 8.19. The van der Waals surface area contributed by atoms with Crippen LogP contribution in [0.25, 0.3) is 11.4 Å². The van der Waals surface area contributed by atoms with Crippen molar-refractivity contribution in [2.45, 2.75) is 39.0 Å². The molecule has 158 valence electrons. The van der Waals surface area contributed by atoms with Crippen molar-refractivity contribution in [2.75, 3.05) is 39.9 Å². The molecule has 0 radical (unpaired) electrons. The van der Waals surface area contributed by atoms with Gasteiger partial charge in [0, 0.05) is 45.1 Å². The quantitative estimate of drug-likeness (QED) is 0.661. The Morgan fingerprint density at radius 1 is 1.34 bits per heavy atom. The summed E-state index contributed by atoms with van der Waals surface area (Å²) in [5.74, 6) is 2.09. The van der Waals surface area contributed by atoms with E-state index in [2.05, 4.69) is 46.3 Å². The third-order valence-electron chi connectivity index (χ3n) is 5.44. The lowest BCUT2D eigenvalue weighted by Gasteiger charge is -2.15. The SMILES string of the molecule is COCCN1CC[C@H](CNC(=O)CCc2nc(-c3ccc(C(C)C)cc3)no2)C1. The molecule has 1 N–H and O–H groups in total. The van der Waals surface area contributed by atoms with E-state index in [0.29, 0.717) is 36.4 Å². The summed E-state index contributed by atoms with van der Waals surface area (Å²) in [5.41, 5.74) is 2.20. The number of nitrogens with one attached hydrogen (secondary N) is 1. The van der Waals surface area contributed by atoms with E-state index in [1.807, 2.05) is 12.1 Å². The van der Waals surface area contributed by atoms with Crippen LogP contribution in [0.5, 0.6) is 0 Å². The molecular weight excluding hydrogens is 368 g/mol. The summed E-state index contributed by atoms with van der Waals surface area (Å²) >= 11 is 0. The van der Waals surface area contributed by atoms with Crippen molar-refractivity contribution in [3.8, 4) is 11.4 Å². The predicted molar refractivity (Wildman–Crippen MR) is 112 cm³/mol. The molecule has 1 atom stereocenters. The first-order valence-corrected chi connectivity index (χ1v) is 10.5. The van der Waals surface area contributed by atoms with E-state index < -0.39 is 0 Å². The van der Waals surface area contributed by atoms with E-state index in [9.17, 15) is 4.79 Å². The molecule has 0 bridgehead atoms. The minimum atomic E-state index is 0.0291. The number of hydrogen-bond acceptors (Lipinski definition) is 6. The van der Waals surface area contributed by atoms with Gasteiger partial charge in [0.1, 0.15) is 0 Å². The number of carbonyl (C=O) groups is 1. The van der Waals surface area contributed by atoms with E-state index in [-0.39, 0.29) is 5.91 Å². The maximum atomic E-state index is 12.2. The second-order valence-corrected chi connectivity index (χ2v) is 8.04. The van der Waals surface area contributed by atoms with E-state index in [0.717, 1.165) is 44.8 Å². The summed E-state index contributed by atoms with van der Waals surface area (Å²) in [5, 5.41) is 7.09. The lowest BCUT2D eigenvalue weighted by atomic mass is 10.0. The summed E-state index contributed by atoms with van der Waals surface area (Å²) in [4.78, 5) is 19.0. The average Bonchev–Trinajstić information content (AvgIpc) is 3.39. The van der Waals surface area contributed by atoms with E-state index in [4.69, 9.17) is 9.26 Å². The zero-order valence-corrected chi connectivity index (χ0v) is 17.7. The van der Waals surface area contributed by atoms with Crippen LogP contribution in [0.15, 0.2) is 28.8 Å². The first-order valence-electron chi connectivity index (χ1n) is 10.5. The molecule has 2 heterocycles. The van der Waals surface area contributed by atoms with Crippen molar-refractivity contribution in [1.82, 2.24) is 20.4 Å². The third kappa shape index (κ3) is 6.37. The van der Waals surface area contributed by atoms with Gasteiger partial charge in [-0.15, -0.1) is 0 Å². The highest BCUT2D eigenvalue weighted by Crippen LogP contribution is 2.21. The van der Waals surface area contributed by atoms with Gasteiger partial charge >= 0.3 is 0 Å². The number of nitrogens with zero attached hydrogens (tertiary/aromatic N) is 3. The maximum absolute atomic E-state index is 12.2. The Hall–Kier alpha value is -2.25. The van der Waals surface area contributed by atoms with Gasteiger partial charge in [-0.25, -0.2) is 0 Å². The second kappa shape index (κ2) is 10.5. The molecule has 0 aliphatic carbocycles. The maximum Gasteiger partial charge on any atom is 0.227 e. The molecule has 2 aromatic rings. The molecule has 0 unspecified atom stereocenters. The van der Waals surface area contributed by atoms with Crippen molar-refractivity contribution in [1.29, 1.82) is 0 Å². The van der Waals surface area contributed by atoms with Gasteiger partial charge in [-0.3, -0.25) is 4.79 Å². The van der Waals surface area contributed by atoms with Crippen molar-refractivity contribution >= 4 is 5.91 Å². The summed E-state index contributed by atoms with van der Waals surface area (Å²) in [6.07, 6.45) is 1.92. The Labute approximate surface area is 172 Å². The molecule has 0 spiro atoms. The van der Waals surface area contributed by atoms with Crippen molar-refractivity contribution < 1.29 is 14.1 Å². The standard InChI is InChI=1S/C22H32N4O3/c1-16(2)18-4-6-19(7-5-18)22-24-21(29-25-22)9-8-20(27)23-14-17-10-11-26(15-17)12-13-28-3/h4-7,16-17H,8-15H2,1-3H3,(H,23,27)/t17-/m1/s1. The van der Waals surface area contributed by atoms with E-state index in [1.165, 1.54) is 5.56 Å². The van der Waals surface area contributed by atoms with Crippen LogP contribution in [-0.4, -0.2) is 60.8 Å². The fourth-order valence-corrected chi connectivity index (χ4v) is 3.56. The number of likely N-dealkylation sites (tertiary alicyclic amines) is 1. The van der Waals surface area contributed by atoms with E-state index in [1.54, 1.807) is 7.11 Å². The predicted octanol–water partition coefficient (Wildman–Crippen LogP) is 2.88. The number of hydrogen-bond donors (Lipinski definition) is 1. The largest absolute Gasteiger partial charge is 0.383 e. The van der Waals surface area contributed by atoms with Gasteiger partial charge in [-0.1, -0.05) is 43.3 Å². The molecule has 1 amide bonds. The number of aromatic nitrogens is 2. The van der Waals surface area contributed by atoms with Gasteiger partial charge < -0.3 is 19.5 Å². The molecule has 7 heteroatoms. The van der Waals surface area contributed by atoms with Gasteiger partial charge in [0.15, 0.2) is 0 Å². The number of carbonyl (C=O) groups excluding carboxylic acids is 1. The minimum absolute atomic E-state index is 0.0291. The van der Waals surface area contributed by atoms with Crippen molar-refractivity contribution in [2.24, 2.45) is 5.92 Å². The Morgan fingerprint density at radius 3 is 2.86 bits per heavy atom. The lowest BCUT2D eigenvalue weighted by molar-refractivity contribution is -0.121. The molecule has 7 nitrogen and oxygen atoms in total. The smallest absolute Gasteiger partial charge is 0.227 e. The van der Waals surface area contributed by atoms with E-state index >= 15 is 0 Å². The third-order valence-corrected chi connectivity index (χ3v) is 5.44. The molecule has 1 aliphatic rings. The van der Waals surface area contributed by atoms with Crippen molar-refractivity contribution in [3.05, 3.63) is 35.7 Å². The van der Waals surface area contributed by atoms with Crippen LogP contribution < -0.4 is 5.32 Å². The van der Waals surface area contributed by atoms with Gasteiger partial charge in [-0.2, -0.15) is 4.98 Å². The molecule has 0 saturated carbocycles. The van der Waals surface area contributed by atoms with Gasteiger partial charge in [0.05, 0.1) is 6.61 Å². The van der Waals surface area contributed by atoms with Crippen LogP contribution in [0.3, 0.4) is 0 Å². The van der Waals surface area contributed by atoms with Gasteiger partial charge in [-0.05, 0) is 30.4 Å². The molecule has 1 fully saturated rings. The Balaban J connectivity index is 1.40. The Bertz CT molecular complexity index is 773. The zero-order chi connectivity index (χ0) is 20.6. The molecular formula is C22H32N4O3. The van der Waals surface area contributed by atoms with Gasteiger partial charge in [0.25, 0.3) is 0 Å². The summed E-state index contributed by atoms with van der Waals surface area (Å²) < 4.78 is 10.4. The monoisotopic (exact) mass is 400 g/mol. The highest BCUT2D eigenvalue weighted by Gasteiger charge is 2.22. The molecule has 1 aromatic heterocycles. The molecule has 1 aliphatic heterocycles. The highest BCUT2D eigenvalue weighted by molar-refractivity contribution is 5.76. The number of aryl methyl sites for hydroxylation is 1. The number of ether oxygens (including phenoxy) is 1. The van der Waals surface area contributed by atoms with Crippen LogP contribution in [0, 0.1) is 5.92 Å². The number of benzene rings is 1. The number of amides is 1. The minimum Gasteiger partial charge on any atom is -0.383 e. The van der Waals surface area contributed by atoms with Crippen LogP contribution in [0.4, 0.5) is 0 Å². The fraction of sp³-hybridized carbons (Fsp3) is 0.591. The van der Waals surface area contributed by atoms with Crippen LogP contribution >= 0.6 is 0 Å². The Kier molecular flexibility index (Phi) is 7.77. The van der Waals surface area contributed by atoms with Crippen LogP contribution in [0.1, 0.15) is 44.1 Å². The summed E-state index contributed by atoms with van der Waals surface area (Å²) in [7, 11) is 1.72.